The zero-order valence-corrected chi connectivity index (χ0v) is 10.9. The Hall–Kier alpha value is -1.51. The van der Waals surface area contributed by atoms with E-state index in [1.165, 1.54) is 24.0 Å². The fourth-order valence-corrected chi connectivity index (χ4v) is 2.79. The van der Waals surface area contributed by atoms with Crippen LogP contribution in [0.5, 0.6) is 0 Å². The third kappa shape index (κ3) is 2.09. The highest BCUT2D eigenvalue weighted by Gasteiger charge is 2.34. The zero-order valence-electron chi connectivity index (χ0n) is 10.9. The van der Waals surface area contributed by atoms with Gasteiger partial charge in [-0.15, -0.1) is 0 Å². The molecule has 0 atom stereocenters. The summed E-state index contributed by atoms with van der Waals surface area (Å²) in [6.07, 6.45) is 2.34. The monoisotopic (exact) mass is 244 g/mol. The van der Waals surface area contributed by atoms with Crippen molar-refractivity contribution in [3.8, 4) is 0 Å². The molecule has 1 aromatic rings. The number of benzene rings is 1. The van der Waals surface area contributed by atoms with Gasteiger partial charge in [-0.2, -0.15) is 0 Å². The van der Waals surface area contributed by atoms with Crippen LogP contribution in [0.1, 0.15) is 29.9 Å². The van der Waals surface area contributed by atoms with Crippen LogP contribution >= 0.6 is 0 Å². The van der Waals surface area contributed by atoms with Gasteiger partial charge in [-0.05, 0) is 25.3 Å². The molecule has 0 spiro atoms. The van der Waals surface area contributed by atoms with E-state index in [-0.39, 0.29) is 6.03 Å². The zero-order chi connectivity index (χ0) is 12.5. The number of nitrogens with zero attached hydrogens (tertiary/aromatic N) is 2. The van der Waals surface area contributed by atoms with E-state index in [0.29, 0.717) is 5.92 Å². The van der Waals surface area contributed by atoms with E-state index in [2.05, 4.69) is 31.2 Å². The Morgan fingerprint density at radius 2 is 1.67 bits per heavy atom. The number of rotatable bonds is 1. The summed E-state index contributed by atoms with van der Waals surface area (Å²) < 4.78 is 0. The Morgan fingerprint density at radius 1 is 1.06 bits per heavy atom. The summed E-state index contributed by atoms with van der Waals surface area (Å²) in [6.45, 7) is 5.78. The van der Waals surface area contributed by atoms with Crippen LogP contribution in [0, 0.1) is 6.92 Å². The Balaban J connectivity index is 1.56. The van der Waals surface area contributed by atoms with Gasteiger partial charge in [-0.3, -0.25) is 0 Å². The molecule has 2 fully saturated rings. The lowest BCUT2D eigenvalue weighted by molar-refractivity contribution is 0.121. The Bertz CT molecular complexity index is 428. The first-order chi connectivity index (χ1) is 8.74. The number of amides is 2. The number of likely N-dealkylation sites (tertiary alicyclic amines) is 2. The van der Waals surface area contributed by atoms with E-state index in [1.54, 1.807) is 0 Å². The van der Waals surface area contributed by atoms with Crippen LogP contribution in [0.4, 0.5) is 4.79 Å². The molecular formula is C15H20N2O. The molecule has 0 radical (unpaired) electrons. The quantitative estimate of drug-likeness (QED) is 0.745. The summed E-state index contributed by atoms with van der Waals surface area (Å²) in [7, 11) is 0. The van der Waals surface area contributed by atoms with Gasteiger partial charge in [0.05, 0.1) is 0 Å². The molecule has 3 rings (SSSR count). The van der Waals surface area contributed by atoms with Crippen LogP contribution < -0.4 is 0 Å². The Morgan fingerprint density at radius 3 is 2.28 bits per heavy atom. The van der Waals surface area contributed by atoms with Crippen molar-refractivity contribution < 1.29 is 4.79 Å². The highest BCUT2D eigenvalue weighted by atomic mass is 16.2. The fraction of sp³-hybridized carbons (Fsp3) is 0.533. The first kappa shape index (κ1) is 11.6. The van der Waals surface area contributed by atoms with E-state index in [1.807, 2.05) is 9.80 Å². The number of hydrogen-bond acceptors (Lipinski definition) is 1. The van der Waals surface area contributed by atoms with Crippen LogP contribution in [0.25, 0.3) is 0 Å². The van der Waals surface area contributed by atoms with Gasteiger partial charge in [0.1, 0.15) is 0 Å². The minimum atomic E-state index is 0.246. The van der Waals surface area contributed by atoms with Crippen molar-refractivity contribution in [3.05, 3.63) is 35.4 Å². The van der Waals surface area contributed by atoms with Crippen molar-refractivity contribution in [2.45, 2.75) is 25.7 Å². The first-order valence-corrected chi connectivity index (χ1v) is 6.84. The van der Waals surface area contributed by atoms with Crippen molar-refractivity contribution in [3.63, 3.8) is 0 Å². The van der Waals surface area contributed by atoms with Gasteiger partial charge in [-0.25, -0.2) is 4.79 Å². The van der Waals surface area contributed by atoms with Gasteiger partial charge >= 0.3 is 6.03 Å². The van der Waals surface area contributed by atoms with Crippen LogP contribution in [0.15, 0.2) is 24.3 Å². The second-order valence-electron chi connectivity index (χ2n) is 5.49. The standard InChI is InChI=1S/C15H20N2O/c1-12-4-6-13(7-5-12)14-10-17(11-14)15(18)16-8-2-3-9-16/h4-7,14H,2-3,8-11H2,1H3. The van der Waals surface area contributed by atoms with Crippen molar-refractivity contribution >= 4 is 6.03 Å². The SMILES string of the molecule is Cc1ccc(C2CN(C(=O)N3CCCC3)C2)cc1. The minimum Gasteiger partial charge on any atom is -0.325 e. The summed E-state index contributed by atoms with van der Waals surface area (Å²) in [5.74, 6) is 0.539. The fourth-order valence-electron chi connectivity index (χ4n) is 2.79. The minimum absolute atomic E-state index is 0.246. The highest BCUT2D eigenvalue weighted by Crippen LogP contribution is 2.28. The van der Waals surface area contributed by atoms with Gasteiger partial charge in [-0.1, -0.05) is 29.8 Å². The van der Waals surface area contributed by atoms with Crippen molar-refractivity contribution in [2.24, 2.45) is 0 Å². The second-order valence-corrected chi connectivity index (χ2v) is 5.49. The van der Waals surface area contributed by atoms with E-state index in [9.17, 15) is 4.79 Å². The molecule has 1 aromatic carbocycles. The van der Waals surface area contributed by atoms with E-state index in [0.717, 1.165) is 26.2 Å². The van der Waals surface area contributed by atoms with Gasteiger partial charge < -0.3 is 9.80 Å². The number of urea groups is 1. The lowest BCUT2D eigenvalue weighted by atomic mass is 9.91. The molecule has 2 heterocycles. The average molecular weight is 244 g/mol. The van der Waals surface area contributed by atoms with Gasteiger partial charge in [0, 0.05) is 32.1 Å². The maximum atomic E-state index is 12.1. The van der Waals surface area contributed by atoms with Gasteiger partial charge in [0.2, 0.25) is 0 Å². The molecule has 2 amide bonds. The predicted molar refractivity (Wildman–Crippen MR) is 71.7 cm³/mol. The van der Waals surface area contributed by atoms with Gasteiger partial charge in [0.25, 0.3) is 0 Å². The summed E-state index contributed by atoms with van der Waals surface area (Å²) in [5, 5.41) is 0. The lowest BCUT2D eigenvalue weighted by Crippen LogP contribution is -2.53. The maximum Gasteiger partial charge on any atom is 0.320 e. The summed E-state index contributed by atoms with van der Waals surface area (Å²) in [4.78, 5) is 16.1. The predicted octanol–water partition coefficient (Wildman–Crippen LogP) is 2.61. The molecule has 2 aliphatic heterocycles. The third-order valence-corrected chi connectivity index (χ3v) is 4.08. The lowest BCUT2D eigenvalue weighted by Gasteiger charge is -2.41. The van der Waals surface area contributed by atoms with Crippen LogP contribution in [-0.2, 0) is 0 Å². The van der Waals surface area contributed by atoms with Crippen molar-refractivity contribution in [1.29, 1.82) is 0 Å². The molecule has 0 bridgehead atoms. The molecule has 0 aliphatic carbocycles. The molecule has 3 heteroatoms. The van der Waals surface area contributed by atoms with E-state index < -0.39 is 0 Å². The van der Waals surface area contributed by atoms with E-state index >= 15 is 0 Å². The van der Waals surface area contributed by atoms with Crippen LogP contribution in [-0.4, -0.2) is 42.0 Å². The molecule has 2 saturated heterocycles. The Labute approximate surface area is 108 Å². The van der Waals surface area contributed by atoms with Crippen molar-refractivity contribution in [2.75, 3.05) is 26.2 Å². The molecule has 3 nitrogen and oxygen atoms in total. The molecule has 96 valence electrons. The largest absolute Gasteiger partial charge is 0.325 e. The molecule has 2 aliphatic rings. The maximum absolute atomic E-state index is 12.1. The normalized spacial score (nSPS) is 20.1. The number of aryl methyl sites for hydroxylation is 1. The Kier molecular flexibility index (Phi) is 2.98. The first-order valence-electron chi connectivity index (χ1n) is 6.84. The smallest absolute Gasteiger partial charge is 0.320 e. The number of hydrogen-bond donors (Lipinski definition) is 0. The molecular weight excluding hydrogens is 224 g/mol. The molecule has 0 unspecified atom stereocenters. The van der Waals surface area contributed by atoms with Crippen LogP contribution in [0.3, 0.4) is 0 Å². The summed E-state index contributed by atoms with van der Waals surface area (Å²) >= 11 is 0. The number of carbonyl (C=O) groups is 1. The topological polar surface area (TPSA) is 23.6 Å². The number of carbonyl (C=O) groups excluding carboxylic acids is 1. The summed E-state index contributed by atoms with van der Waals surface area (Å²) in [6, 6.07) is 8.94. The molecule has 0 saturated carbocycles. The molecule has 0 N–H and O–H groups in total. The molecule has 0 aromatic heterocycles. The van der Waals surface area contributed by atoms with Crippen molar-refractivity contribution in [1.82, 2.24) is 9.80 Å². The highest BCUT2D eigenvalue weighted by molar-refractivity contribution is 5.76. The van der Waals surface area contributed by atoms with Gasteiger partial charge in [0.15, 0.2) is 0 Å². The third-order valence-electron chi connectivity index (χ3n) is 4.08. The van der Waals surface area contributed by atoms with E-state index in [4.69, 9.17) is 0 Å². The molecule has 18 heavy (non-hydrogen) atoms. The average Bonchev–Trinajstić information content (AvgIpc) is 2.83. The van der Waals surface area contributed by atoms with Crippen LogP contribution in [0.2, 0.25) is 0 Å². The second kappa shape index (κ2) is 4.63. The summed E-state index contributed by atoms with van der Waals surface area (Å²) in [5.41, 5.74) is 2.66.